The lowest BCUT2D eigenvalue weighted by atomic mass is 10.1. The second-order valence-corrected chi connectivity index (χ2v) is 5.66. The molecule has 1 heterocycles. The van der Waals surface area contributed by atoms with E-state index in [1.54, 1.807) is 24.3 Å². The van der Waals surface area contributed by atoms with Crippen LogP contribution in [0.4, 0.5) is 5.69 Å². The second-order valence-electron chi connectivity index (χ2n) is 5.23. The van der Waals surface area contributed by atoms with Gasteiger partial charge in [0, 0.05) is 10.6 Å². The Morgan fingerprint density at radius 1 is 1.25 bits per heavy atom. The van der Waals surface area contributed by atoms with Crippen molar-refractivity contribution in [1.82, 2.24) is 10.2 Å². The highest BCUT2D eigenvalue weighted by atomic mass is 35.5. The molecular formula is C17H15ClN4O2. The molecule has 2 aromatic carbocycles. The van der Waals surface area contributed by atoms with Crippen molar-refractivity contribution < 1.29 is 9.21 Å². The molecule has 3 rings (SSSR count). The quantitative estimate of drug-likeness (QED) is 0.741. The molecule has 0 saturated heterocycles. The van der Waals surface area contributed by atoms with Crippen LogP contribution in [-0.4, -0.2) is 16.1 Å². The van der Waals surface area contributed by atoms with Crippen molar-refractivity contribution >= 4 is 23.2 Å². The molecule has 1 aromatic heterocycles. The van der Waals surface area contributed by atoms with Crippen LogP contribution in [0.15, 0.2) is 46.9 Å². The fourth-order valence-electron chi connectivity index (χ4n) is 2.33. The first kappa shape index (κ1) is 16.0. The van der Waals surface area contributed by atoms with Crippen LogP contribution in [-0.2, 0) is 6.54 Å². The molecule has 122 valence electrons. The number of amides is 1. The zero-order valence-corrected chi connectivity index (χ0v) is 13.7. The molecule has 0 aliphatic rings. The molecule has 0 aliphatic heterocycles. The van der Waals surface area contributed by atoms with Crippen molar-refractivity contribution in [2.75, 3.05) is 5.32 Å². The molecule has 0 fully saturated rings. The number of aryl methyl sites for hydroxylation is 1. The molecule has 0 bridgehead atoms. The number of anilines is 1. The summed E-state index contributed by atoms with van der Waals surface area (Å²) < 4.78 is 5.63. The maximum atomic E-state index is 11.5. The van der Waals surface area contributed by atoms with Crippen LogP contribution in [0.2, 0.25) is 5.02 Å². The van der Waals surface area contributed by atoms with E-state index in [1.165, 1.54) is 0 Å². The van der Waals surface area contributed by atoms with Gasteiger partial charge in [-0.1, -0.05) is 29.8 Å². The van der Waals surface area contributed by atoms with Crippen LogP contribution in [0.25, 0.3) is 11.5 Å². The molecule has 0 spiro atoms. The molecule has 24 heavy (non-hydrogen) atoms. The molecule has 6 nitrogen and oxygen atoms in total. The Morgan fingerprint density at radius 3 is 2.79 bits per heavy atom. The first-order valence-electron chi connectivity index (χ1n) is 7.26. The van der Waals surface area contributed by atoms with Gasteiger partial charge in [0.2, 0.25) is 11.8 Å². The number of para-hydroxylation sites is 1. The van der Waals surface area contributed by atoms with Gasteiger partial charge in [-0.05, 0) is 36.8 Å². The molecule has 1 amide bonds. The number of benzene rings is 2. The van der Waals surface area contributed by atoms with Crippen LogP contribution in [0.3, 0.4) is 0 Å². The minimum atomic E-state index is -0.494. The predicted molar refractivity (Wildman–Crippen MR) is 91.8 cm³/mol. The minimum Gasteiger partial charge on any atom is -0.419 e. The van der Waals surface area contributed by atoms with Crippen LogP contribution in [0, 0.1) is 6.92 Å². The van der Waals surface area contributed by atoms with E-state index in [2.05, 4.69) is 15.5 Å². The Morgan fingerprint density at radius 2 is 2.04 bits per heavy atom. The second kappa shape index (κ2) is 6.72. The zero-order valence-electron chi connectivity index (χ0n) is 12.9. The summed E-state index contributed by atoms with van der Waals surface area (Å²) in [6, 6.07) is 12.5. The summed E-state index contributed by atoms with van der Waals surface area (Å²) in [5, 5.41) is 11.7. The number of carbonyl (C=O) groups is 1. The molecule has 7 heteroatoms. The number of nitrogens with zero attached hydrogens (tertiary/aromatic N) is 2. The molecule has 0 unspecified atom stereocenters. The number of hydrogen-bond donors (Lipinski definition) is 2. The van der Waals surface area contributed by atoms with E-state index in [4.69, 9.17) is 21.8 Å². The molecule has 3 N–H and O–H groups in total. The largest absolute Gasteiger partial charge is 0.419 e. The number of rotatable bonds is 5. The molecular weight excluding hydrogens is 328 g/mol. The topological polar surface area (TPSA) is 94.0 Å². The van der Waals surface area contributed by atoms with Crippen molar-refractivity contribution in [3.05, 3.63) is 64.5 Å². The number of aromatic nitrogens is 2. The van der Waals surface area contributed by atoms with Crippen molar-refractivity contribution in [2.24, 2.45) is 5.73 Å². The highest BCUT2D eigenvalue weighted by Gasteiger charge is 2.13. The number of halogens is 1. The van der Waals surface area contributed by atoms with Gasteiger partial charge >= 0.3 is 0 Å². The molecule has 0 aliphatic carbocycles. The summed E-state index contributed by atoms with van der Waals surface area (Å²) >= 11 is 5.96. The molecule has 0 atom stereocenters. The summed E-state index contributed by atoms with van der Waals surface area (Å²) in [5.41, 5.74) is 8.13. The fraction of sp³-hybridized carbons (Fsp3) is 0.118. The summed E-state index contributed by atoms with van der Waals surface area (Å²) in [7, 11) is 0. The normalized spacial score (nSPS) is 10.6. The summed E-state index contributed by atoms with van der Waals surface area (Å²) in [5.74, 6) is 0.282. The Balaban J connectivity index is 1.78. The maximum Gasteiger partial charge on any atom is 0.250 e. The Kier molecular flexibility index (Phi) is 4.48. The first-order chi connectivity index (χ1) is 11.5. The highest BCUT2D eigenvalue weighted by molar-refractivity contribution is 6.30. The lowest BCUT2D eigenvalue weighted by molar-refractivity contribution is 0.100. The van der Waals surface area contributed by atoms with Crippen molar-refractivity contribution in [3.8, 4) is 11.5 Å². The maximum absolute atomic E-state index is 11.5. The minimum absolute atomic E-state index is 0.276. The van der Waals surface area contributed by atoms with E-state index < -0.39 is 5.91 Å². The van der Waals surface area contributed by atoms with Gasteiger partial charge in [0.25, 0.3) is 5.91 Å². The number of carbonyl (C=O) groups excluding carboxylic acids is 1. The van der Waals surface area contributed by atoms with Crippen molar-refractivity contribution in [3.63, 3.8) is 0 Å². The standard InChI is InChI=1S/C17H15ClN4O2/c1-10-4-2-7-13(16(19)23)15(10)20-9-14-21-22-17(24-14)11-5-3-6-12(18)8-11/h2-8,20H,9H2,1H3,(H2,19,23). The van der Waals surface area contributed by atoms with Crippen LogP contribution in [0.1, 0.15) is 21.8 Å². The van der Waals surface area contributed by atoms with E-state index in [0.717, 1.165) is 11.1 Å². The van der Waals surface area contributed by atoms with E-state index in [-0.39, 0.29) is 6.54 Å². The first-order valence-corrected chi connectivity index (χ1v) is 7.64. The average molecular weight is 343 g/mol. The average Bonchev–Trinajstić information content (AvgIpc) is 3.02. The number of hydrogen-bond acceptors (Lipinski definition) is 5. The Bertz CT molecular complexity index is 892. The number of nitrogens with two attached hydrogens (primary N) is 1. The lowest BCUT2D eigenvalue weighted by Gasteiger charge is -2.11. The van der Waals surface area contributed by atoms with E-state index in [9.17, 15) is 4.79 Å². The lowest BCUT2D eigenvalue weighted by Crippen LogP contribution is -2.15. The van der Waals surface area contributed by atoms with Gasteiger partial charge in [0.05, 0.1) is 17.8 Å². The SMILES string of the molecule is Cc1cccc(C(N)=O)c1NCc1nnc(-c2cccc(Cl)c2)o1. The Hall–Kier alpha value is -2.86. The van der Waals surface area contributed by atoms with E-state index in [0.29, 0.717) is 28.1 Å². The third kappa shape index (κ3) is 3.38. The third-order valence-corrected chi connectivity index (χ3v) is 3.73. The fourth-order valence-corrected chi connectivity index (χ4v) is 2.53. The van der Waals surface area contributed by atoms with Gasteiger partial charge in [0.1, 0.15) is 0 Å². The van der Waals surface area contributed by atoms with Crippen LogP contribution < -0.4 is 11.1 Å². The van der Waals surface area contributed by atoms with Crippen LogP contribution in [0.5, 0.6) is 0 Å². The third-order valence-electron chi connectivity index (χ3n) is 3.49. The summed E-state index contributed by atoms with van der Waals surface area (Å²) in [6.07, 6.45) is 0. The van der Waals surface area contributed by atoms with Gasteiger partial charge in [-0.25, -0.2) is 0 Å². The summed E-state index contributed by atoms with van der Waals surface area (Å²) in [4.78, 5) is 11.5. The highest BCUT2D eigenvalue weighted by Crippen LogP contribution is 2.23. The van der Waals surface area contributed by atoms with E-state index >= 15 is 0 Å². The number of nitrogens with one attached hydrogen (secondary N) is 1. The monoisotopic (exact) mass is 342 g/mol. The van der Waals surface area contributed by atoms with Crippen LogP contribution >= 0.6 is 11.6 Å². The van der Waals surface area contributed by atoms with Gasteiger partial charge in [0.15, 0.2) is 0 Å². The summed E-state index contributed by atoms with van der Waals surface area (Å²) in [6.45, 7) is 2.17. The van der Waals surface area contributed by atoms with E-state index in [1.807, 2.05) is 25.1 Å². The van der Waals surface area contributed by atoms with Crippen molar-refractivity contribution in [2.45, 2.75) is 13.5 Å². The van der Waals surface area contributed by atoms with Gasteiger partial charge in [-0.2, -0.15) is 0 Å². The van der Waals surface area contributed by atoms with Gasteiger partial charge in [-0.3, -0.25) is 4.79 Å². The van der Waals surface area contributed by atoms with Gasteiger partial charge < -0.3 is 15.5 Å². The predicted octanol–water partition coefficient (Wildman–Crippen LogP) is 3.41. The molecule has 0 saturated carbocycles. The zero-order chi connectivity index (χ0) is 17.1. The smallest absolute Gasteiger partial charge is 0.250 e. The van der Waals surface area contributed by atoms with Gasteiger partial charge in [-0.15, -0.1) is 10.2 Å². The molecule has 0 radical (unpaired) electrons. The molecule has 3 aromatic rings. The number of primary amides is 1. The Labute approximate surface area is 143 Å². The van der Waals surface area contributed by atoms with Crippen molar-refractivity contribution in [1.29, 1.82) is 0 Å².